The number of rotatable bonds is 3. The standard InChI is InChI=1S/C19H30N2/c1-14-7-9-16(10-8-14)17-5-3-4-6-18(17)19-11-15(12-20)13-21(19)2/h3-6,14-16,19H,7-13,20H2,1-2H3. The zero-order valence-corrected chi connectivity index (χ0v) is 13.6. The van der Waals surface area contributed by atoms with Gasteiger partial charge >= 0.3 is 0 Å². The second kappa shape index (κ2) is 6.50. The molecule has 0 aromatic heterocycles. The monoisotopic (exact) mass is 286 g/mol. The zero-order chi connectivity index (χ0) is 14.8. The third-order valence-corrected chi connectivity index (χ3v) is 5.78. The van der Waals surface area contributed by atoms with Crippen molar-refractivity contribution < 1.29 is 0 Å². The van der Waals surface area contributed by atoms with Crippen molar-refractivity contribution >= 4 is 0 Å². The summed E-state index contributed by atoms with van der Waals surface area (Å²) in [5, 5.41) is 0. The molecular formula is C19H30N2. The summed E-state index contributed by atoms with van der Waals surface area (Å²) in [6.07, 6.45) is 6.76. The molecule has 116 valence electrons. The average Bonchev–Trinajstić information content (AvgIpc) is 2.89. The van der Waals surface area contributed by atoms with Crippen molar-refractivity contribution in [3.63, 3.8) is 0 Å². The van der Waals surface area contributed by atoms with Gasteiger partial charge in [-0.25, -0.2) is 0 Å². The first kappa shape index (κ1) is 15.1. The highest BCUT2D eigenvalue weighted by Crippen LogP contribution is 2.42. The molecule has 2 heteroatoms. The first-order valence-corrected chi connectivity index (χ1v) is 8.68. The lowest BCUT2D eigenvalue weighted by atomic mass is 9.77. The second-order valence-corrected chi connectivity index (χ2v) is 7.38. The highest BCUT2D eigenvalue weighted by molar-refractivity contribution is 5.34. The van der Waals surface area contributed by atoms with Crippen LogP contribution in [0.3, 0.4) is 0 Å². The zero-order valence-electron chi connectivity index (χ0n) is 13.6. The minimum Gasteiger partial charge on any atom is -0.330 e. The molecule has 0 spiro atoms. The molecule has 1 aromatic rings. The van der Waals surface area contributed by atoms with Crippen LogP contribution in [0.2, 0.25) is 0 Å². The minimum atomic E-state index is 0.578. The van der Waals surface area contributed by atoms with Crippen LogP contribution in [-0.4, -0.2) is 25.0 Å². The maximum atomic E-state index is 5.91. The third kappa shape index (κ3) is 3.17. The molecule has 1 saturated heterocycles. The fraction of sp³-hybridized carbons (Fsp3) is 0.684. The molecule has 2 N–H and O–H groups in total. The molecule has 0 amide bonds. The summed E-state index contributed by atoms with van der Waals surface area (Å²) < 4.78 is 0. The lowest BCUT2D eigenvalue weighted by molar-refractivity contribution is 0.305. The predicted molar refractivity (Wildman–Crippen MR) is 89.3 cm³/mol. The van der Waals surface area contributed by atoms with Crippen molar-refractivity contribution in [2.75, 3.05) is 20.1 Å². The average molecular weight is 286 g/mol. The normalized spacial score (nSPS) is 34.2. The van der Waals surface area contributed by atoms with Gasteiger partial charge < -0.3 is 5.73 Å². The van der Waals surface area contributed by atoms with Gasteiger partial charge in [-0.3, -0.25) is 4.90 Å². The van der Waals surface area contributed by atoms with Crippen LogP contribution in [0, 0.1) is 11.8 Å². The molecule has 3 rings (SSSR count). The van der Waals surface area contributed by atoms with E-state index in [1.165, 1.54) is 32.1 Å². The highest BCUT2D eigenvalue weighted by atomic mass is 15.2. The number of likely N-dealkylation sites (tertiary alicyclic amines) is 1. The Morgan fingerprint density at radius 3 is 2.38 bits per heavy atom. The molecule has 1 aromatic carbocycles. The summed E-state index contributed by atoms with van der Waals surface area (Å²) in [4.78, 5) is 2.52. The molecule has 0 radical (unpaired) electrons. The van der Waals surface area contributed by atoms with E-state index >= 15 is 0 Å². The molecule has 2 aliphatic rings. The SMILES string of the molecule is CC1CCC(c2ccccc2C2CC(CN)CN2C)CC1. The molecule has 1 aliphatic heterocycles. The van der Waals surface area contributed by atoms with Gasteiger partial charge in [-0.2, -0.15) is 0 Å². The van der Waals surface area contributed by atoms with Crippen molar-refractivity contribution in [1.82, 2.24) is 4.90 Å². The van der Waals surface area contributed by atoms with Crippen LogP contribution in [0.1, 0.15) is 62.1 Å². The van der Waals surface area contributed by atoms with E-state index in [1.54, 1.807) is 11.1 Å². The van der Waals surface area contributed by atoms with E-state index in [0.29, 0.717) is 12.0 Å². The highest BCUT2D eigenvalue weighted by Gasteiger charge is 2.32. The lowest BCUT2D eigenvalue weighted by Gasteiger charge is -2.30. The van der Waals surface area contributed by atoms with Crippen LogP contribution in [-0.2, 0) is 0 Å². The molecule has 1 aliphatic carbocycles. The topological polar surface area (TPSA) is 29.3 Å². The number of benzene rings is 1. The van der Waals surface area contributed by atoms with E-state index in [-0.39, 0.29) is 0 Å². The fourth-order valence-corrected chi connectivity index (χ4v) is 4.40. The fourth-order valence-electron chi connectivity index (χ4n) is 4.40. The van der Waals surface area contributed by atoms with Crippen molar-refractivity contribution in [1.29, 1.82) is 0 Å². The van der Waals surface area contributed by atoms with Crippen LogP contribution in [0.4, 0.5) is 0 Å². The molecule has 2 nitrogen and oxygen atoms in total. The van der Waals surface area contributed by atoms with E-state index in [4.69, 9.17) is 5.73 Å². The van der Waals surface area contributed by atoms with Crippen molar-refractivity contribution in [3.8, 4) is 0 Å². The number of nitrogens with zero attached hydrogens (tertiary/aromatic N) is 1. The first-order valence-electron chi connectivity index (χ1n) is 8.68. The summed E-state index contributed by atoms with van der Waals surface area (Å²) in [5.74, 6) is 2.37. The smallest absolute Gasteiger partial charge is 0.0351 e. The van der Waals surface area contributed by atoms with Crippen LogP contribution < -0.4 is 5.73 Å². The quantitative estimate of drug-likeness (QED) is 0.912. The largest absolute Gasteiger partial charge is 0.330 e. The van der Waals surface area contributed by atoms with Crippen LogP contribution in [0.5, 0.6) is 0 Å². The van der Waals surface area contributed by atoms with E-state index < -0.39 is 0 Å². The predicted octanol–water partition coefficient (Wildman–Crippen LogP) is 3.93. The van der Waals surface area contributed by atoms with Gasteiger partial charge in [-0.1, -0.05) is 44.0 Å². The van der Waals surface area contributed by atoms with Gasteiger partial charge in [0.15, 0.2) is 0 Å². The van der Waals surface area contributed by atoms with Crippen LogP contribution in [0.25, 0.3) is 0 Å². The van der Waals surface area contributed by atoms with E-state index in [2.05, 4.69) is 43.1 Å². The van der Waals surface area contributed by atoms with Gasteiger partial charge in [0.05, 0.1) is 0 Å². The van der Waals surface area contributed by atoms with E-state index in [1.807, 2.05) is 0 Å². The molecule has 0 bridgehead atoms. The summed E-state index contributed by atoms with van der Waals surface area (Å²) in [5.41, 5.74) is 9.11. The Morgan fingerprint density at radius 1 is 1.10 bits per heavy atom. The Labute approximate surface area is 129 Å². The second-order valence-electron chi connectivity index (χ2n) is 7.38. The molecule has 2 unspecified atom stereocenters. The maximum Gasteiger partial charge on any atom is 0.0351 e. The third-order valence-electron chi connectivity index (χ3n) is 5.78. The van der Waals surface area contributed by atoms with Crippen LogP contribution in [0.15, 0.2) is 24.3 Å². The van der Waals surface area contributed by atoms with Gasteiger partial charge in [0.25, 0.3) is 0 Å². The molecule has 1 saturated carbocycles. The Hall–Kier alpha value is -0.860. The Bertz CT molecular complexity index is 462. The Morgan fingerprint density at radius 2 is 1.76 bits per heavy atom. The summed E-state index contributed by atoms with van der Waals surface area (Å²) in [6.45, 7) is 4.37. The first-order chi connectivity index (χ1) is 10.2. The molecule has 2 fully saturated rings. The summed E-state index contributed by atoms with van der Waals surface area (Å²) >= 11 is 0. The van der Waals surface area contributed by atoms with Gasteiger partial charge in [0.1, 0.15) is 0 Å². The van der Waals surface area contributed by atoms with Gasteiger partial charge in [0, 0.05) is 12.6 Å². The molecule has 21 heavy (non-hydrogen) atoms. The van der Waals surface area contributed by atoms with Crippen LogP contribution >= 0.6 is 0 Å². The van der Waals surface area contributed by atoms with Crippen molar-refractivity contribution in [3.05, 3.63) is 35.4 Å². The number of hydrogen-bond acceptors (Lipinski definition) is 2. The van der Waals surface area contributed by atoms with Gasteiger partial charge in [0.2, 0.25) is 0 Å². The lowest BCUT2D eigenvalue weighted by Crippen LogP contribution is -2.22. The summed E-state index contributed by atoms with van der Waals surface area (Å²) in [7, 11) is 2.26. The molecule has 1 heterocycles. The van der Waals surface area contributed by atoms with Gasteiger partial charge in [-0.05, 0) is 61.7 Å². The Balaban J connectivity index is 1.83. The number of hydrogen-bond donors (Lipinski definition) is 1. The molecular weight excluding hydrogens is 256 g/mol. The van der Waals surface area contributed by atoms with E-state index in [0.717, 1.165) is 24.9 Å². The maximum absolute atomic E-state index is 5.91. The number of nitrogens with two attached hydrogens (primary N) is 1. The molecule has 2 atom stereocenters. The van der Waals surface area contributed by atoms with Gasteiger partial charge in [-0.15, -0.1) is 0 Å². The van der Waals surface area contributed by atoms with E-state index in [9.17, 15) is 0 Å². The van der Waals surface area contributed by atoms with Crippen molar-refractivity contribution in [2.24, 2.45) is 17.6 Å². The summed E-state index contributed by atoms with van der Waals surface area (Å²) in [6, 6.07) is 9.78. The Kier molecular flexibility index (Phi) is 4.66. The minimum absolute atomic E-state index is 0.578. The van der Waals surface area contributed by atoms with Crippen molar-refractivity contribution in [2.45, 2.75) is 51.0 Å².